The van der Waals surface area contributed by atoms with E-state index in [-0.39, 0.29) is 11.9 Å². The number of hydrogen-bond acceptors (Lipinski definition) is 5. The van der Waals surface area contributed by atoms with Gasteiger partial charge in [0.2, 0.25) is 5.95 Å². The molecule has 27 heavy (non-hydrogen) atoms. The van der Waals surface area contributed by atoms with Crippen molar-refractivity contribution in [1.82, 2.24) is 14.9 Å². The van der Waals surface area contributed by atoms with Crippen LogP contribution in [0.3, 0.4) is 0 Å². The van der Waals surface area contributed by atoms with Crippen LogP contribution in [0, 0.1) is 13.8 Å². The molecule has 3 heterocycles. The minimum absolute atomic E-state index is 0.0491. The quantitative estimate of drug-likeness (QED) is 0.905. The molecule has 0 bridgehead atoms. The summed E-state index contributed by atoms with van der Waals surface area (Å²) in [5.74, 6) is 0.848. The van der Waals surface area contributed by atoms with E-state index in [1.54, 1.807) is 0 Å². The number of carbonyl (C=O) groups excluding carboxylic acids is 1. The van der Waals surface area contributed by atoms with Crippen LogP contribution in [0.5, 0.6) is 0 Å². The number of benzene rings is 1. The molecule has 1 aromatic heterocycles. The Morgan fingerprint density at radius 3 is 2.63 bits per heavy atom. The van der Waals surface area contributed by atoms with Gasteiger partial charge in [-0.15, -0.1) is 0 Å². The summed E-state index contributed by atoms with van der Waals surface area (Å²) in [7, 11) is 0. The molecule has 0 saturated carbocycles. The molecule has 2 aliphatic rings. The molecule has 4 rings (SSSR count). The molecule has 2 aromatic rings. The summed E-state index contributed by atoms with van der Waals surface area (Å²) in [6, 6.07) is 7.88. The minimum atomic E-state index is 0.0491. The number of nitrogens with two attached hydrogens (primary N) is 1. The first kappa shape index (κ1) is 17.9. The zero-order chi connectivity index (χ0) is 19.0. The predicted molar refractivity (Wildman–Crippen MR) is 107 cm³/mol. The van der Waals surface area contributed by atoms with Gasteiger partial charge in [-0.1, -0.05) is 12.1 Å². The molecule has 142 valence electrons. The van der Waals surface area contributed by atoms with E-state index in [0.717, 1.165) is 54.5 Å². The molecule has 0 unspecified atom stereocenters. The van der Waals surface area contributed by atoms with Crippen molar-refractivity contribution in [2.75, 3.05) is 31.1 Å². The summed E-state index contributed by atoms with van der Waals surface area (Å²) >= 11 is 0. The monoisotopic (exact) mass is 365 g/mol. The average Bonchev–Trinajstić information content (AvgIpc) is 3.35. The highest BCUT2D eigenvalue weighted by Crippen LogP contribution is 2.28. The SMILES string of the molecule is Cc1nc(N2CCCC2)nc(-c2cccc(C(=O)N3CC[C@@H](N)C3)c2)c1C. The molecule has 0 radical (unpaired) electrons. The number of likely N-dealkylation sites (tertiary alicyclic amines) is 1. The van der Waals surface area contributed by atoms with Crippen LogP contribution in [-0.4, -0.2) is 53.0 Å². The van der Waals surface area contributed by atoms with Crippen LogP contribution < -0.4 is 10.6 Å². The number of amides is 1. The normalized spacial score (nSPS) is 19.7. The van der Waals surface area contributed by atoms with Gasteiger partial charge in [0.25, 0.3) is 5.91 Å². The third-order valence-corrected chi connectivity index (χ3v) is 5.66. The Hall–Kier alpha value is -2.47. The standard InChI is InChI=1S/C21H27N5O/c1-14-15(2)23-21(25-9-3-4-10-25)24-19(14)16-6-5-7-17(12-16)20(27)26-11-8-18(22)13-26/h5-7,12,18H,3-4,8-11,13,22H2,1-2H3/t18-/m1/s1. The van der Waals surface area contributed by atoms with Gasteiger partial charge in [0.1, 0.15) is 0 Å². The Kier molecular flexibility index (Phi) is 4.83. The second kappa shape index (κ2) is 7.27. The van der Waals surface area contributed by atoms with E-state index in [2.05, 4.69) is 4.90 Å². The van der Waals surface area contributed by atoms with E-state index < -0.39 is 0 Å². The van der Waals surface area contributed by atoms with Crippen molar-refractivity contribution in [3.05, 3.63) is 41.1 Å². The van der Waals surface area contributed by atoms with Gasteiger partial charge in [-0.3, -0.25) is 4.79 Å². The van der Waals surface area contributed by atoms with Crippen LogP contribution >= 0.6 is 0 Å². The van der Waals surface area contributed by atoms with Gasteiger partial charge < -0.3 is 15.5 Å². The van der Waals surface area contributed by atoms with Crippen LogP contribution in [0.4, 0.5) is 5.95 Å². The Morgan fingerprint density at radius 1 is 1.15 bits per heavy atom. The molecule has 2 fully saturated rings. The first-order valence-electron chi connectivity index (χ1n) is 9.78. The molecule has 2 N–H and O–H groups in total. The van der Waals surface area contributed by atoms with E-state index in [4.69, 9.17) is 15.7 Å². The number of hydrogen-bond donors (Lipinski definition) is 1. The van der Waals surface area contributed by atoms with Crippen molar-refractivity contribution >= 4 is 11.9 Å². The average molecular weight is 365 g/mol. The van der Waals surface area contributed by atoms with Gasteiger partial charge in [-0.2, -0.15) is 0 Å². The number of aryl methyl sites for hydroxylation is 1. The summed E-state index contributed by atoms with van der Waals surface area (Å²) in [5.41, 5.74) is 10.6. The van der Waals surface area contributed by atoms with Crippen LogP contribution in [-0.2, 0) is 0 Å². The maximum absolute atomic E-state index is 12.8. The number of anilines is 1. The number of nitrogens with zero attached hydrogens (tertiary/aromatic N) is 4. The molecular formula is C21H27N5O. The van der Waals surface area contributed by atoms with Crippen molar-refractivity contribution in [3.8, 4) is 11.3 Å². The molecule has 0 spiro atoms. The van der Waals surface area contributed by atoms with Crippen molar-refractivity contribution in [1.29, 1.82) is 0 Å². The Balaban J connectivity index is 1.68. The van der Waals surface area contributed by atoms with E-state index in [1.165, 1.54) is 12.8 Å². The first-order valence-corrected chi connectivity index (χ1v) is 9.78. The smallest absolute Gasteiger partial charge is 0.253 e. The highest BCUT2D eigenvalue weighted by atomic mass is 16.2. The zero-order valence-corrected chi connectivity index (χ0v) is 16.1. The molecular weight excluding hydrogens is 338 g/mol. The Labute approximate surface area is 160 Å². The largest absolute Gasteiger partial charge is 0.341 e. The summed E-state index contributed by atoms with van der Waals surface area (Å²) in [6.45, 7) is 7.46. The highest BCUT2D eigenvalue weighted by Gasteiger charge is 2.25. The molecule has 2 aliphatic heterocycles. The lowest BCUT2D eigenvalue weighted by atomic mass is 10.0. The minimum Gasteiger partial charge on any atom is -0.341 e. The zero-order valence-electron chi connectivity index (χ0n) is 16.1. The second-order valence-electron chi connectivity index (χ2n) is 7.66. The fourth-order valence-electron chi connectivity index (χ4n) is 3.91. The topological polar surface area (TPSA) is 75.4 Å². The first-order chi connectivity index (χ1) is 13.0. The fourth-order valence-corrected chi connectivity index (χ4v) is 3.91. The van der Waals surface area contributed by atoms with Crippen LogP contribution in [0.1, 0.15) is 40.9 Å². The van der Waals surface area contributed by atoms with Gasteiger partial charge in [0, 0.05) is 49.0 Å². The van der Waals surface area contributed by atoms with Crippen LogP contribution in [0.15, 0.2) is 24.3 Å². The number of aromatic nitrogens is 2. The molecule has 6 nitrogen and oxygen atoms in total. The second-order valence-corrected chi connectivity index (χ2v) is 7.66. The van der Waals surface area contributed by atoms with Crippen molar-refractivity contribution in [2.24, 2.45) is 5.73 Å². The van der Waals surface area contributed by atoms with Crippen molar-refractivity contribution < 1.29 is 4.79 Å². The number of carbonyl (C=O) groups is 1. The van der Waals surface area contributed by atoms with E-state index >= 15 is 0 Å². The Morgan fingerprint density at radius 2 is 1.93 bits per heavy atom. The van der Waals surface area contributed by atoms with E-state index in [1.807, 2.05) is 43.0 Å². The van der Waals surface area contributed by atoms with Crippen LogP contribution in [0.2, 0.25) is 0 Å². The summed E-state index contributed by atoms with van der Waals surface area (Å²) in [5, 5.41) is 0. The molecule has 6 heteroatoms. The summed E-state index contributed by atoms with van der Waals surface area (Å²) in [6.07, 6.45) is 3.25. The van der Waals surface area contributed by atoms with E-state index in [9.17, 15) is 4.79 Å². The van der Waals surface area contributed by atoms with E-state index in [0.29, 0.717) is 12.1 Å². The predicted octanol–water partition coefficient (Wildman–Crippen LogP) is 2.53. The van der Waals surface area contributed by atoms with Gasteiger partial charge >= 0.3 is 0 Å². The lowest BCUT2D eigenvalue weighted by Crippen LogP contribution is -2.31. The fraction of sp³-hybridized carbons (Fsp3) is 0.476. The molecule has 1 atom stereocenters. The molecule has 2 saturated heterocycles. The third-order valence-electron chi connectivity index (χ3n) is 5.66. The third kappa shape index (κ3) is 3.54. The van der Waals surface area contributed by atoms with Gasteiger partial charge in [0.05, 0.1) is 5.69 Å². The summed E-state index contributed by atoms with van der Waals surface area (Å²) < 4.78 is 0. The highest BCUT2D eigenvalue weighted by molar-refractivity contribution is 5.95. The van der Waals surface area contributed by atoms with Gasteiger partial charge in [-0.25, -0.2) is 9.97 Å². The lowest BCUT2D eigenvalue weighted by molar-refractivity contribution is 0.0791. The van der Waals surface area contributed by atoms with Crippen molar-refractivity contribution in [2.45, 2.75) is 39.2 Å². The lowest BCUT2D eigenvalue weighted by Gasteiger charge is -2.19. The Bertz CT molecular complexity index is 860. The maximum atomic E-state index is 12.8. The van der Waals surface area contributed by atoms with Gasteiger partial charge in [0.15, 0.2) is 0 Å². The van der Waals surface area contributed by atoms with Crippen LogP contribution in [0.25, 0.3) is 11.3 Å². The van der Waals surface area contributed by atoms with Gasteiger partial charge in [-0.05, 0) is 50.8 Å². The van der Waals surface area contributed by atoms with Crippen molar-refractivity contribution in [3.63, 3.8) is 0 Å². The number of rotatable bonds is 3. The molecule has 0 aliphatic carbocycles. The summed E-state index contributed by atoms with van der Waals surface area (Å²) in [4.78, 5) is 26.5. The maximum Gasteiger partial charge on any atom is 0.253 e. The molecule has 1 aromatic carbocycles. The molecule has 1 amide bonds.